The van der Waals surface area contributed by atoms with Crippen LogP contribution in [0.4, 0.5) is 0 Å². The minimum Gasteiger partial charge on any atom is -0.379 e. The lowest BCUT2D eigenvalue weighted by molar-refractivity contribution is 0.0608. The Morgan fingerprint density at radius 1 is 1.00 bits per heavy atom. The zero-order chi connectivity index (χ0) is 9.23. The SMILES string of the molecule is CCCCCCCOC(C)CC. The van der Waals surface area contributed by atoms with Gasteiger partial charge in [-0.05, 0) is 19.8 Å². The van der Waals surface area contributed by atoms with Gasteiger partial charge in [0, 0.05) is 6.61 Å². The fraction of sp³-hybridized carbons (Fsp3) is 1.00. The molecule has 74 valence electrons. The molecule has 0 amide bonds. The monoisotopic (exact) mass is 172 g/mol. The second-order valence-electron chi connectivity index (χ2n) is 3.50. The van der Waals surface area contributed by atoms with Gasteiger partial charge < -0.3 is 4.74 Å². The molecule has 0 spiro atoms. The molecule has 0 N–H and O–H groups in total. The molecule has 0 aliphatic rings. The van der Waals surface area contributed by atoms with Gasteiger partial charge in [-0.3, -0.25) is 0 Å². The lowest BCUT2D eigenvalue weighted by Gasteiger charge is -2.09. The van der Waals surface area contributed by atoms with Gasteiger partial charge in [-0.25, -0.2) is 0 Å². The van der Waals surface area contributed by atoms with Crippen LogP contribution in [0.1, 0.15) is 59.3 Å². The number of unbranched alkanes of at least 4 members (excludes halogenated alkanes) is 4. The van der Waals surface area contributed by atoms with E-state index >= 15 is 0 Å². The summed E-state index contributed by atoms with van der Waals surface area (Å²) in [6.45, 7) is 7.52. The molecular formula is C11H24O. The van der Waals surface area contributed by atoms with E-state index in [4.69, 9.17) is 4.74 Å². The van der Waals surface area contributed by atoms with Gasteiger partial charge in [0.05, 0.1) is 6.10 Å². The third-order valence-corrected chi connectivity index (χ3v) is 2.23. The van der Waals surface area contributed by atoms with E-state index in [2.05, 4.69) is 20.8 Å². The summed E-state index contributed by atoms with van der Waals surface area (Å²) < 4.78 is 5.57. The Morgan fingerprint density at radius 2 is 1.67 bits per heavy atom. The molecule has 1 atom stereocenters. The quantitative estimate of drug-likeness (QED) is 0.506. The fourth-order valence-corrected chi connectivity index (χ4v) is 1.11. The molecule has 12 heavy (non-hydrogen) atoms. The average Bonchev–Trinajstić information content (AvgIpc) is 2.10. The van der Waals surface area contributed by atoms with Crippen LogP contribution in [0, 0.1) is 0 Å². The zero-order valence-corrected chi connectivity index (χ0v) is 8.94. The van der Waals surface area contributed by atoms with Gasteiger partial charge in [0.1, 0.15) is 0 Å². The number of hydrogen-bond donors (Lipinski definition) is 0. The van der Waals surface area contributed by atoms with E-state index in [0.717, 1.165) is 13.0 Å². The van der Waals surface area contributed by atoms with Crippen molar-refractivity contribution in [2.24, 2.45) is 0 Å². The first-order valence-corrected chi connectivity index (χ1v) is 5.42. The minimum atomic E-state index is 0.455. The maximum Gasteiger partial charge on any atom is 0.0544 e. The van der Waals surface area contributed by atoms with Crippen molar-refractivity contribution in [1.82, 2.24) is 0 Å². The third kappa shape index (κ3) is 8.06. The molecule has 1 nitrogen and oxygen atoms in total. The Kier molecular flexibility index (Phi) is 9.02. The molecule has 0 aromatic carbocycles. The first-order valence-electron chi connectivity index (χ1n) is 5.42. The minimum absolute atomic E-state index is 0.455. The lowest BCUT2D eigenvalue weighted by Crippen LogP contribution is -2.07. The Hall–Kier alpha value is -0.0400. The van der Waals surface area contributed by atoms with Crippen LogP contribution in [-0.4, -0.2) is 12.7 Å². The molecule has 0 saturated carbocycles. The molecular weight excluding hydrogens is 148 g/mol. The Bertz CT molecular complexity index is 81.1. The van der Waals surface area contributed by atoms with E-state index in [1.54, 1.807) is 0 Å². The van der Waals surface area contributed by atoms with Crippen LogP contribution < -0.4 is 0 Å². The highest BCUT2D eigenvalue weighted by Crippen LogP contribution is 2.04. The van der Waals surface area contributed by atoms with Crippen molar-refractivity contribution in [3.8, 4) is 0 Å². The maximum atomic E-state index is 5.57. The van der Waals surface area contributed by atoms with Crippen molar-refractivity contribution in [3.05, 3.63) is 0 Å². The molecule has 0 rings (SSSR count). The first kappa shape index (κ1) is 12.0. The second kappa shape index (κ2) is 9.05. The lowest BCUT2D eigenvalue weighted by atomic mass is 10.2. The smallest absolute Gasteiger partial charge is 0.0544 e. The highest BCUT2D eigenvalue weighted by atomic mass is 16.5. The number of hydrogen-bond acceptors (Lipinski definition) is 1. The summed E-state index contributed by atoms with van der Waals surface area (Å²) in [5.41, 5.74) is 0. The van der Waals surface area contributed by atoms with Crippen molar-refractivity contribution in [2.45, 2.75) is 65.4 Å². The Balaban J connectivity index is 2.90. The highest BCUT2D eigenvalue weighted by Gasteiger charge is 1.96. The van der Waals surface area contributed by atoms with Gasteiger partial charge in [0.2, 0.25) is 0 Å². The van der Waals surface area contributed by atoms with Gasteiger partial charge in [-0.15, -0.1) is 0 Å². The molecule has 0 radical (unpaired) electrons. The molecule has 0 aliphatic heterocycles. The molecule has 0 heterocycles. The van der Waals surface area contributed by atoms with E-state index in [9.17, 15) is 0 Å². The highest BCUT2D eigenvalue weighted by molar-refractivity contribution is 4.46. The van der Waals surface area contributed by atoms with Crippen molar-refractivity contribution in [1.29, 1.82) is 0 Å². The standard InChI is InChI=1S/C11H24O/c1-4-6-7-8-9-10-12-11(3)5-2/h11H,4-10H2,1-3H3. The topological polar surface area (TPSA) is 9.23 Å². The molecule has 0 aliphatic carbocycles. The van der Waals surface area contributed by atoms with Crippen molar-refractivity contribution in [3.63, 3.8) is 0 Å². The maximum absolute atomic E-state index is 5.57. The predicted molar refractivity (Wildman–Crippen MR) is 54.5 cm³/mol. The number of ether oxygens (including phenoxy) is 1. The molecule has 1 heteroatoms. The van der Waals surface area contributed by atoms with E-state index in [1.807, 2.05) is 0 Å². The molecule has 1 unspecified atom stereocenters. The Labute approximate surface area is 77.5 Å². The molecule has 0 bridgehead atoms. The summed E-state index contributed by atoms with van der Waals surface area (Å²) >= 11 is 0. The first-order chi connectivity index (χ1) is 5.81. The summed E-state index contributed by atoms with van der Waals surface area (Å²) in [5.74, 6) is 0. The number of rotatable bonds is 8. The molecule has 0 aromatic rings. The van der Waals surface area contributed by atoms with Gasteiger partial charge in [-0.1, -0.05) is 39.5 Å². The van der Waals surface area contributed by atoms with Crippen LogP contribution in [0.25, 0.3) is 0 Å². The van der Waals surface area contributed by atoms with Crippen LogP contribution in [0.2, 0.25) is 0 Å². The third-order valence-electron chi connectivity index (χ3n) is 2.23. The van der Waals surface area contributed by atoms with Crippen LogP contribution in [0.5, 0.6) is 0 Å². The normalized spacial score (nSPS) is 13.2. The van der Waals surface area contributed by atoms with Crippen molar-refractivity contribution >= 4 is 0 Å². The summed E-state index contributed by atoms with van der Waals surface area (Å²) in [6, 6.07) is 0. The van der Waals surface area contributed by atoms with E-state index < -0.39 is 0 Å². The summed E-state index contributed by atoms with van der Waals surface area (Å²) in [4.78, 5) is 0. The fourth-order valence-electron chi connectivity index (χ4n) is 1.11. The van der Waals surface area contributed by atoms with Gasteiger partial charge in [-0.2, -0.15) is 0 Å². The van der Waals surface area contributed by atoms with Gasteiger partial charge in [0.15, 0.2) is 0 Å². The van der Waals surface area contributed by atoms with Gasteiger partial charge in [0.25, 0.3) is 0 Å². The predicted octanol–water partition coefficient (Wildman–Crippen LogP) is 3.77. The van der Waals surface area contributed by atoms with Crippen LogP contribution in [0.15, 0.2) is 0 Å². The summed E-state index contributed by atoms with van der Waals surface area (Å²) in [7, 11) is 0. The molecule has 0 aromatic heterocycles. The van der Waals surface area contributed by atoms with Crippen LogP contribution in [0.3, 0.4) is 0 Å². The largest absolute Gasteiger partial charge is 0.379 e. The van der Waals surface area contributed by atoms with E-state index in [0.29, 0.717) is 6.10 Å². The van der Waals surface area contributed by atoms with E-state index in [1.165, 1.54) is 32.1 Å². The van der Waals surface area contributed by atoms with Gasteiger partial charge >= 0.3 is 0 Å². The molecule has 0 fully saturated rings. The second-order valence-corrected chi connectivity index (χ2v) is 3.50. The van der Waals surface area contributed by atoms with Crippen LogP contribution >= 0.6 is 0 Å². The van der Waals surface area contributed by atoms with Crippen molar-refractivity contribution < 1.29 is 4.74 Å². The van der Waals surface area contributed by atoms with Crippen molar-refractivity contribution in [2.75, 3.05) is 6.61 Å². The van der Waals surface area contributed by atoms with E-state index in [-0.39, 0.29) is 0 Å². The zero-order valence-electron chi connectivity index (χ0n) is 8.94. The summed E-state index contributed by atoms with van der Waals surface area (Å²) in [6.07, 6.45) is 8.25. The molecule has 0 saturated heterocycles. The summed E-state index contributed by atoms with van der Waals surface area (Å²) in [5, 5.41) is 0. The van der Waals surface area contributed by atoms with Crippen LogP contribution in [-0.2, 0) is 4.74 Å². The average molecular weight is 172 g/mol. The Morgan fingerprint density at radius 3 is 2.25 bits per heavy atom.